The molecule has 0 aromatic carbocycles. The third-order valence-electron chi connectivity index (χ3n) is 2.98. The maximum Gasteiger partial charge on any atom is 0.401 e. The van der Waals surface area contributed by atoms with Crippen LogP contribution in [0, 0.1) is 0 Å². The molecule has 0 bridgehead atoms. The quantitative estimate of drug-likeness (QED) is 0.763. The van der Waals surface area contributed by atoms with Crippen molar-refractivity contribution in [1.82, 2.24) is 10.2 Å². The summed E-state index contributed by atoms with van der Waals surface area (Å²) in [6.07, 6.45) is -2.48. The summed E-state index contributed by atoms with van der Waals surface area (Å²) in [5.74, 6) is 0. The Morgan fingerprint density at radius 3 is 1.95 bits per heavy atom. The molecule has 1 unspecified atom stereocenters. The molecule has 0 fully saturated rings. The number of nitrogens with zero attached hydrogens (tertiary/aromatic N) is 1. The van der Waals surface area contributed by atoms with E-state index in [0.717, 1.165) is 12.8 Å². The molecule has 0 rings (SSSR count). The Hall–Kier alpha value is -0.290. The molecule has 0 aliphatic heterocycles. The fraction of sp³-hybridized carbons (Fsp3) is 1.00. The van der Waals surface area contributed by atoms with Gasteiger partial charge in [-0.1, -0.05) is 13.3 Å². The summed E-state index contributed by atoms with van der Waals surface area (Å²) in [5, 5.41) is 3.32. The maximum atomic E-state index is 12.7. The van der Waals surface area contributed by atoms with Gasteiger partial charge in [0, 0.05) is 24.2 Å². The monoisotopic (exact) mass is 282 g/mol. The second-order valence-electron chi connectivity index (χ2n) is 6.45. The maximum absolute atomic E-state index is 12.7. The lowest BCUT2D eigenvalue weighted by Gasteiger charge is -2.37. The summed E-state index contributed by atoms with van der Waals surface area (Å²) in [6.45, 7) is 11.5. The van der Waals surface area contributed by atoms with E-state index in [-0.39, 0.29) is 17.6 Å². The molecule has 116 valence electrons. The van der Waals surface area contributed by atoms with Gasteiger partial charge in [-0.25, -0.2) is 0 Å². The van der Waals surface area contributed by atoms with Crippen molar-refractivity contribution < 1.29 is 13.2 Å². The number of hydrogen-bond donors (Lipinski definition) is 1. The van der Waals surface area contributed by atoms with Gasteiger partial charge in [0.25, 0.3) is 0 Å². The predicted octanol–water partition coefficient (Wildman–Crippen LogP) is 3.82. The van der Waals surface area contributed by atoms with E-state index >= 15 is 0 Å². The van der Waals surface area contributed by atoms with Crippen molar-refractivity contribution in [2.75, 3.05) is 13.1 Å². The summed E-state index contributed by atoms with van der Waals surface area (Å²) in [6, 6.07) is -0.189. The van der Waals surface area contributed by atoms with Crippen LogP contribution in [0.1, 0.15) is 54.4 Å². The number of nitrogens with one attached hydrogen (secondary N) is 1. The smallest absolute Gasteiger partial charge is 0.311 e. The molecule has 0 amide bonds. The van der Waals surface area contributed by atoms with Crippen LogP contribution in [-0.4, -0.2) is 41.8 Å². The molecule has 0 radical (unpaired) electrons. The number of hydrogen-bond acceptors (Lipinski definition) is 2. The Kier molecular flexibility index (Phi) is 7.37. The summed E-state index contributed by atoms with van der Waals surface area (Å²) < 4.78 is 38.0. The van der Waals surface area contributed by atoms with Gasteiger partial charge in [0.15, 0.2) is 0 Å². The molecule has 0 aliphatic carbocycles. The minimum absolute atomic E-state index is 0.0765. The van der Waals surface area contributed by atoms with E-state index in [1.807, 2.05) is 41.5 Å². The van der Waals surface area contributed by atoms with Gasteiger partial charge in [0.2, 0.25) is 0 Å². The summed E-state index contributed by atoms with van der Waals surface area (Å²) >= 11 is 0. The van der Waals surface area contributed by atoms with E-state index in [1.54, 1.807) is 4.90 Å². The van der Waals surface area contributed by atoms with E-state index in [9.17, 15) is 13.2 Å². The molecule has 0 aliphatic rings. The molecule has 0 aromatic heterocycles. The normalized spacial score (nSPS) is 15.3. The van der Waals surface area contributed by atoms with Crippen LogP contribution in [0.2, 0.25) is 0 Å². The summed E-state index contributed by atoms with van der Waals surface area (Å²) in [4.78, 5) is 1.56. The van der Waals surface area contributed by atoms with E-state index in [1.165, 1.54) is 0 Å². The van der Waals surface area contributed by atoms with Gasteiger partial charge in [-0.15, -0.1) is 0 Å². The fourth-order valence-electron chi connectivity index (χ4n) is 2.08. The van der Waals surface area contributed by atoms with Crippen molar-refractivity contribution in [2.45, 2.75) is 78.2 Å². The first-order chi connectivity index (χ1) is 8.46. The molecular formula is C14H29F3N2. The van der Waals surface area contributed by atoms with Crippen LogP contribution >= 0.6 is 0 Å². The zero-order valence-electron chi connectivity index (χ0n) is 13.1. The molecule has 0 heterocycles. The SMILES string of the molecule is CCCC(CNC(C)(C)C)N(CC(F)(F)F)C(C)C. The van der Waals surface area contributed by atoms with Crippen molar-refractivity contribution in [1.29, 1.82) is 0 Å². The van der Waals surface area contributed by atoms with Crippen LogP contribution in [0.5, 0.6) is 0 Å². The number of rotatable bonds is 7. The van der Waals surface area contributed by atoms with Gasteiger partial charge >= 0.3 is 6.18 Å². The molecule has 0 aromatic rings. The molecule has 0 spiro atoms. The zero-order valence-corrected chi connectivity index (χ0v) is 13.1. The first-order valence-electron chi connectivity index (χ1n) is 7.03. The molecule has 0 saturated carbocycles. The first kappa shape index (κ1) is 18.7. The third-order valence-corrected chi connectivity index (χ3v) is 2.98. The Balaban J connectivity index is 4.76. The number of halogens is 3. The van der Waals surface area contributed by atoms with E-state index < -0.39 is 12.7 Å². The highest BCUT2D eigenvalue weighted by molar-refractivity contribution is 4.82. The average Bonchev–Trinajstić information content (AvgIpc) is 2.18. The highest BCUT2D eigenvalue weighted by Gasteiger charge is 2.35. The molecule has 2 nitrogen and oxygen atoms in total. The second-order valence-corrected chi connectivity index (χ2v) is 6.45. The minimum Gasteiger partial charge on any atom is -0.311 e. The molecule has 1 N–H and O–H groups in total. The summed E-state index contributed by atoms with van der Waals surface area (Å²) in [5.41, 5.74) is -0.0765. The molecule has 0 saturated heterocycles. The van der Waals surface area contributed by atoms with Gasteiger partial charge in [-0.2, -0.15) is 13.2 Å². The Morgan fingerprint density at radius 1 is 1.11 bits per heavy atom. The second kappa shape index (κ2) is 7.48. The fourth-order valence-corrected chi connectivity index (χ4v) is 2.08. The van der Waals surface area contributed by atoms with Crippen LogP contribution in [0.15, 0.2) is 0 Å². The largest absolute Gasteiger partial charge is 0.401 e. The standard InChI is InChI=1S/C14H29F3N2/c1-7-8-12(9-18-13(4,5)6)19(11(2)3)10-14(15,16)17/h11-12,18H,7-10H2,1-6H3. The molecular weight excluding hydrogens is 253 g/mol. The topological polar surface area (TPSA) is 15.3 Å². The van der Waals surface area contributed by atoms with Gasteiger partial charge in [-0.05, 0) is 41.0 Å². The van der Waals surface area contributed by atoms with Crippen LogP contribution < -0.4 is 5.32 Å². The highest BCUT2D eigenvalue weighted by Crippen LogP contribution is 2.21. The van der Waals surface area contributed by atoms with Crippen molar-refractivity contribution in [3.63, 3.8) is 0 Å². The van der Waals surface area contributed by atoms with Gasteiger partial charge < -0.3 is 5.32 Å². The highest BCUT2D eigenvalue weighted by atomic mass is 19.4. The third kappa shape index (κ3) is 9.27. The van der Waals surface area contributed by atoms with Gasteiger partial charge in [0.1, 0.15) is 0 Å². The van der Waals surface area contributed by atoms with E-state index in [2.05, 4.69) is 5.32 Å². The Morgan fingerprint density at radius 2 is 1.63 bits per heavy atom. The van der Waals surface area contributed by atoms with Crippen LogP contribution in [0.3, 0.4) is 0 Å². The molecule has 5 heteroatoms. The van der Waals surface area contributed by atoms with Gasteiger partial charge in [-0.3, -0.25) is 4.90 Å². The first-order valence-corrected chi connectivity index (χ1v) is 7.03. The van der Waals surface area contributed by atoms with Crippen molar-refractivity contribution in [2.24, 2.45) is 0 Å². The van der Waals surface area contributed by atoms with E-state index in [4.69, 9.17) is 0 Å². The van der Waals surface area contributed by atoms with Crippen LogP contribution in [-0.2, 0) is 0 Å². The predicted molar refractivity (Wildman–Crippen MR) is 74.3 cm³/mol. The van der Waals surface area contributed by atoms with E-state index in [0.29, 0.717) is 6.54 Å². The molecule has 19 heavy (non-hydrogen) atoms. The van der Waals surface area contributed by atoms with Crippen molar-refractivity contribution >= 4 is 0 Å². The van der Waals surface area contributed by atoms with Crippen molar-refractivity contribution in [3.05, 3.63) is 0 Å². The van der Waals surface area contributed by atoms with Crippen LogP contribution in [0.25, 0.3) is 0 Å². The Bertz CT molecular complexity index is 244. The molecule has 1 atom stereocenters. The lowest BCUT2D eigenvalue weighted by atomic mass is 10.0. The van der Waals surface area contributed by atoms with Gasteiger partial charge in [0.05, 0.1) is 6.54 Å². The van der Waals surface area contributed by atoms with Crippen molar-refractivity contribution in [3.8, 4) is 0 Å². The average molecular weight is 282 g/mol. The lowest BCUT2D eigenvalue weighted by Crippen LogP contribution is -2.52. The number of alkyl halides is 3. The lowest BCUT2D eigenvalue weighted by molar-refractivity contribution is -0.155. The Labute approximate surface area is 115 Å². The zero-order chi connectivity index (χ0) is 15.3. The summed E-state index contributed by atoms with van der Waals surface area (Å²) in [7, 11) is 0. The minimum atomic E-state index is -4.14. The van der Waals surface area contributed by atoms with Crippen LogP contribution in [0.4, 0.5) is 13.2 Å².